The third-order valence-corrected chi connectivity index (χ3v) is 5.93. The molecule has 0 bridgehead atoms. The van der Waals surface area contributed by atoms with Crippen molar-refractivity contribution in [3.8, 4) is 0 Å². The fraction of sp³-hybridized carbons (Fsp3) is 0.600. The van der Waals surface area contributed by atoms with Crippen LogP contribution in [0, 0.1) is 0 Å². The van der Waals surface area contributed by atoms with Gasteiger partial charge in [-0.15, -0.1) is 0 Å². The summed E-state index contributed by atoms with van der Waals surface area (Å²) >= 11 is 0. The second kappa shape index (κ2) is 2.75. The van der Waals surface area contributed by atoms with E-state index < -0.39 is 0 Å². The van der Waals surface area contributed by atoms with Crippen LogP contribution in [0.2, 0.25) is 0 Å². The van der Waals surface area contributed by atoms with Crippen molar-refractivity contribution >= 4 is 7.92 Å². The van der Waals surface area contributed by atoms with E-state index in [0.717, 1.165) is 11.3 Å². The van der Waals surface area contributed by atoms with Crippen LogP contribution >= 0.6 is 7.92 Å². The highest BCUT2D eigenvalue weighted by molar-refractivity contribution is 7.65. The summed E-state index contributed by atoms with van der Waals surface area (Å²) in [5.41, 5.74) is 1.99. The molecule has 1 saturated heterocycles. The van der Waals surface area contributed by atoms with E-state index in [1.807, 2.05) is 0 Å². The number of rotatable bonds is 1. The van der Waals surface area contributed by atoms with Gasteiger partial charge >= 0.3 is 0 Å². The summed E-state index contributed by atoms with van der Waals surface area (Å²) in [5, 5.41) is 1.67. The molecule has 2 aliphatic rings. The SMILES string of the molecule is CC1C[C@@H](C)P1C1=CCC=C1. The molecule has 1 aliphatic carbocycles. The van der Waals surface area contributed by atoms with Gasteiger partial charge in [0.05, 0.1) is 0 Å². The van der Waals surface area contributed by atoms with Crippen LogP contribution in [-0.4, -0.2) is 11.3 Å². The Balaban J connectivity index is 2.09. The minimum Gasteiger partial charge on any atom is -0.0801 e. The van der Waals surface area contributed by atoms with Gasteiger partial charge in [-0.25, -0.2) is 0 Å². The summed E-state index contributed by atoms with van der Waals surface area (Å²) in [7, 11) is 0.253. The zero-order valence-electron chi connectivity index (χ0n) is 7.25. The quantitative estimate of drug-likeness (QED) is 0.523. The minimum atomic E-state index is 0.253. The van der Waals surface area contributed by atoms with Gasteiger partial charge in [-0.3, -0.25) is 0 Å². The Morgan fingerprint density at radius 3 is 2.55 bits per heavy atom. The van der Waals surface area contributed by atoms with E-state index in [-0.39, 0.29) is 7.92 Å². The van der Waals surface area contributed by atoms with Gasteiger partial charge in [0, 0.05) is 0 Å². The Morgan fingerprint density at radius 2 is 2.09 bits per heavy atom. The lowest BCUT2D eigenvalue weighted by molar-refractivity contribution is 0.711. The highest BCUT2D eigenvalue weighted by Gasteiger charge is 2.35. The van der Waals surface area contributed by atoms with E-state index in [2.05, 4.69) is 32.1 Å². The van der Waals surface area contributed by atoms with Gasteiger partial charge < -0.3 is 0 Å². The molecule has 11 heavy (non-hydrogen) atoms. The molecule has 1 fully saturated rings. The third kappa shape index (κ3) is 1.18. The van der Waals surface area contributed by atoms with Crippen molar-refractivity contribution in [2.45, 2.75) is 38.0 Å². The topological polar surface area (TPSA) is 0 Å². The first-order valence-corrected chi connectivity index (χ1v) is 5.92. The van der Waals surface area contributed by atoms with Crippen molar-refractivity contribution in [3.05, 3.63) is 23.5 Å². The standard InChI is InChI=1S/C10H15P/c1-8-7-9(2)11(8)10-5-3-4-6-10/h3,5-6,8-9H,4,7H2,1-2H3/t8-,9?,11?/m1/s1. The first-order chi connectivity index (χ1) is 5.29. The molecular formula is C10H15P. The molecule has 2 unspecified atom stereocenters. The lowest BCUT2D eigenvalue weighted by Gasteiger charge is -2.42. The van der Waals surface area contributed by atoms with Gasteiger partial charge in [0.25, 0.3) is 0 Å². The monoisotopic (exact) mass is 166 g/mol. The van der Waals surface area contributed by atoms with Crippen LogP contribution < -0.4 is 0 Å². The minimum absolute atomic E-state index is 0.253. The summed E-state index contributed by atoms with van der Waals surface area (Å²) in [6.07, 6.45) is 9.69. The van der Waals surface area contributed by atoms with Gasteiger partial charge in [0.15, 0.2) is 0 Å². The predicted molar refractivity (Wildman–Crippen MR) is 52.3 cm³/mol. The Labute approximate surface area is 70.1 Å². The van der Waals surface area contributed by atoms with Gasteiger partial charge in [0.1, 0.15) is 0 Å². The Bertz CT molecular complexity index is 207. The molecule has 0 spiro atoms. The number of allylic oxidation sites excluding steroid dienone is 4. The Kier molecular flexibility index (Phi) is 1.89. The van der Waals surface area contributed by atoms with Crippen LogP contribution in [0.4, 0.5) is 0 Å². The maximum atomic E-state index is 2.41. The maximum absolute atomic E-state index is 2.41. The summed E-state index contributed by atoms with van der Waals surface area (Å²) in [6, 6.07) is 0. The highest BCUT2D eigenvalue weighted by Crippen LogP contribution is 2.65. The van der Waals surface area contributed by atoms with E-state index >= 15 is 0 Å². The zero-order valence-corrected chi connectivity index (χ0v) is 8.14. The molecule has 0 amide bonds. The zero-order chi connectivity index (χ0) is 7.84. The van der Waals surface area contributed by atoms with Gasteiger partial charge in [-0.2, -0.15) is 0 Å². The first-order valence-electron chi connectivity index (χ1n) is 4.44. The summed E-state index contributed by atoms with van der Waals surface area (Å²) < 4.78 is 0. The Morgan fingerprint density at radius 1 is 1.36 bits per heavy atom. The second-order valence-corrected chi connectivity index (χ2v) is 6.70. The Hall–Kier alpha value is -0.0900. The fourth-order valence-corrected chi connectivity index (χ4v) is 5.34. The van der Waals surface area contributed by atoms with Crippen LogP contribution in [0.3, 0.4) is 0 Å². The van der Waals surface area contributed by atoms with Gasteiger partial charge in [-0.05, 0) is 29.5 Å². The third-order valence-electron chi connectivity index (χ3n) is 2.68. The van der Waals surface area contributed by atoms with E-state index in [1.54, 1.807) is 5.31 Å². The van der Waals surface area contributed by atoms with Gasteiger partial charge in [0.2, 0.25) is 0 Å². The average molecular weight is 166 g/mol. The molecule has 0 aromatic rings. The first kappa shape index (κ1) is 7.55. The van der Waals surface area contributed by atoms with Crippen LogP contribution in [0.25, 0.3) is 0 Å². The predicted octanol–water partition coefficient (Wildman–Crippen LogP) is 3.49. The van der Waals surface area contributed by atoms with Crippen molar-refractivity contribution in [3.63, 3.8) is 0 Å². The highest BCUT2D eigenvalue weighted by atomic mass is 31.1. The number of hydrogen-bond acceptors (Lipinski definition) is 0. The van der Waals surface area contributed by atoms with E-state index in [1.165, 1.54) is 12.8 Å². The molecule has 1 aliphatic heterocycles. The average Bonchev–Trinajstić information content (AvgIpc) is 2.39. The van der Waals surface area contributed by atoms with Crippen molar-refractivity contribution < 1.29 is 0 Å². The fourth-order valence-electron chi connectivity index (χ4n) is 2.16. The normalized spacial score (nSPS) is 42.0. The van der Waals surface area contributed by atoms with Crippen LogP contribution in [-0.2, 0) is 0 Å². The molecule has 0 radical (unpaired) electrons. The molecule has 0 N–H and O–H groups in total. The van der Waals surface area contributed by atoms with Gasteiger partial charge in [-0.1, -0.05) is 40.0 Å². The second-order valence-electron chi connectivity index (χ2n) is 3.61. The van der Waals surface area contributed by atoms with Crippen molar-refractivity contribution in [1.82, 2.24) is 0 Å². The number of hydrogen-bond donors (Lipinski definition) is 0. The lowest BCUT2D eigenvalue weighted by atomic mass is 10.2. The molecule has 0 aromatic heterocycles. The van der Waals surface area contributed by atoms with Crippen molar-refractivity contribution in [2.24, 2.45) is 0 Å². The molecule has 0 nitrogen and oxygen atoms in total. The molecule has 1 heterocycles. The van der Waals surface area contributed by atoms with Crippen LogP contribution in [0.15, 0.2) is 23.5 Å². The largest absolute Gasteiger partial charge is 0.0801 e. The van der Waals surface area contributed by atoms with Crippen molar-refractivity contribution in [1.29, 1.82) is 0 Å². The molecule has 1 heteroatoms. The maximum Gasteiger partial charge on any atom is -0.0156 e. The van der Waals surface area contributed by atoms with Crippen LogP contribution in [0.1, 0.15) is 26.7 Å². The molecule has 3 atom stereocenters. The molecule has 0 saturated carbocycles. The molecular weight excluding hydrogens is 151 g/mol. The molecule has 0 aromatic carbocycles. The summed E-state index contributed by atoms with van der Waals surface area (Å²) in [6.45, 7) is 4.80. The summed E-state index contributed by atoms with van der Waals surface area (Å²) in [4.78, 5) is 0. The molecule has 2 rings (SSSR count). The summed E-state index contributed by atoms with van der Waals surface area (Å²) in [5.74, 6) is 0. The van der Waals surface area contributed by atoms with E-state index in [4.69, 9.17) is 0 Å². The molecule has 60 valence electrons. The smallest absolute Gasteiger partial charge is 0.0156 e. The van der Waals surface area contributed by atoms with Crippen LogP contribution in [0.5, 0.6) is 0 Å². The van der Waals surface area contributed by atoms with E-state index in [0.29, 0.717) is 0 Å². The van der Waals surface area contributed by atoms with E-state index in [9.17, 15) is 0 Å². The van der Waals surface area contributed by atoms with Crippen molar-refractivity contribution in [2.75, 3.05) is 0 Å². The lowest BCUT2D eigenvalue weighted by Crippen LogP contribution is -2.25.